The first-order valence-electron chi connectivity index (χ1n) is 9.98. The van der Waals surface area contributed by atoms with E-state index in [-0.39, 0.29) is 23.9 Å². The number of nitrogens with zero attached hydrogens (tertiary/aromatic N) is 5. The highest BCUT2D eigenvalue weighted by molar-refractivity contribution is 7.17. The molecule has 164 valence electrons. The monoisotopic (exact) mass is 449 g/mol. The number of amides is 1. The summed E-state index contributed by atoms with van der Waals surface area (Å²) in [7, 11) is 3.40. The second kappa shape index (κ2) is 9.15. The minimum Gasteiger partial charge on any atom is -0.379 e. The number of hydrogen-bond acceptors (Lipinski definition) is 8. The average molecular weight is 450 g/mol. The molecule has 0 bridgehead atoms. The maximum absolute atomic E-state index is 12.1. The number of fused-ring (bicyclic) bond motifs is 1. The van der Waals surface area contributed by atoms with Crippen LogP contribution in [0.2, 0.25) is 0 Å². The van der Waals surface area contributed by atoms with Crippen molar-refractivity contribution in [3.8, 4) is 0 Å². The Morgan fingerprint density at radius 1 is 1.19 bits per heavy atom. The van der Waals surface area contributed by atoms with E-state index in [4.69, 9.17) is 0 Å². The summed E-state index contributed by atoms with van der Waals surface area (Å²) in [4.78, 5) is 25.4. The van der Waals surface area contributed by atoms with Crippen molar-refractivity contribution in [2.24, 2.45) is 0 Å². The Bertz CT molecular complexity index is 1280. The summed E-state index contributed by atoms with van der Waals surface area (Å²) >= 11 is 1.69. The van der Waals surface area contributed by atoms with Gasteiger partial charge in [-0.3, -0.25) is 14.3 Å². The number of carbonyl (C=O) groups excluding carboxylic acids is 2. The van der Waals surface area contributed by atoms with Crippen LogP contribution in [0.4, 0.5) is 17.2 Å². The van der Waals surface area contributed by atoms with E-state index in [1.54, 1.807) is 48.6 Å². The van der Waals surface area contributed by atoms with Gasteiger partial charge in [0.05, 0.1) is 17.6 Å². The minimum atomic E-state index is -0.170. The maximum atomic E-state index is 12.1. The molecule has 32 heavy (non-hydrogen) atoms. The van der Waals surface area contributed by atoms with Gasteiger partial charge in [0.25, 0.3) is 0 Å². The number of hydrogen-bond donors (Lipinski definition) is 2. The molecule has 0 fully saturated rings. The molecule has 0 saturated heterocycles. The van der Waals surface area contributed by atoms with E-state index in [2.05, 4.69) is 49.5 Å². The zero-order valence-electron chi connectivity index (χ0n) is 18.0. The molecule has 0 radical (unpaired) electrons. The lowest BCUT2D eigenvalue weighted by Gasteiger charge is -2.12. The van der Waals surface area contributed by atoms with E-state index in [1.807, 2.05) is 6.07 Å². The number of rotatable bonds is 8. The summed E-state index contributed by atoms with van der Waals surface area (Å²) in [6, 6.07) is 10.0. The third-order valence-electron chi connectivity index (χ3n) is 4.86. The van der Waals surface area contributed by atoms with Gasteiger partial charge in [0.15, 0.2) is 17.3 Å². The zero-order valence-corrected chi connectivity index (χ0v) is 18.8. The molecule has 0 aliphatic carbocycles. The van der Waals surface area contributed by atoms with Crippen LogP contribution in [0.1, 0.15) is 23.0 Å². The highest BCUT2D eigenvalue weighted by atomic mass is 32.1. The highest BCUT2D eigenvalue weighted by Gasteiger charge is 2.13. The number of benzene rings is 1. The van der Waals surface area contributed by atoms with E-state index in [0.717, 1.165) is 5.56 Å². The molecule has 0 aliphatic rings. The van der Waals surface area contributed by atoms with E-state index >= 15 is 0 Å². The van der Waals surface area contributed by atoms with Crippen molar-refractivity contribution in [3.63, 3.8) is 0 Å². The van der Waals surface area contributed by atoms with Crippen LogP contribution < -0.4 is 10.6 Å². The fourth-order valence-corrected chi connectivity index (χ4v) is 4.09. The van der Waals surface area contributed by atoms with E-state index in [1.165, 1.54) is 21.9 Å². The summed E-state index contributed by atoms with van der Waals surface area (Å²) in [6.07, 6.45) is 3.32. The number of ketones is 1. The second-order valence-electron chi connectivity index (χ2n) is 7.50. The lowest BCUT2D eigenvalue weighted by atomic mass is 10.1. The molecule has 10 heteroatoms. The van der Waals surface area contributed by atoms with Gasteiger partial charge in [-0.25, -0.2) is 0 Å². The number of carbonyl (C=O) groups is 2. The number of thiophene rings is 1. The number of likely N-dealkylation sites (N-methyl/N-ethyl adjacent to an activating group) is 1. The lowest BCUT2D eigenvalue weighted by molar-refractivity contribution is -0.129. The first-order valence-corrected chi connectivity index (χ1v) is 10.9. The third-order valence-corrected chi connectivity index (χ3v) is 5.86. The lowest BCUT2D eigenvalue weighted by Crippen LogP contribution is -2.26. The van der Waals surface area contributed by atoms with Crippen LogP contribution in [0.3, 0.4) is 0 Å². The van der Waals surface area contributed by atoms with Crippen molar-refractivity contribution in [2.45, 2.75) is 20.0 Å². The predicted molar refractivity (Wildman–Crippen MR) is 125 cm³/mol. The topological polar surface area (TPSA) is 105 Å². The second-order valence-corrected chi connectivity index (χ2v) is 8.41. The number of Topliss-reactive ketones (excluding diaryl/α,β-unsaturated/α-hetero) is 1. The molecular weight excluding hydrogens is 426 g/mol. The van der Waals surface area contributed by atoms with E-state index in [9.17, 15) is 9.59 Å². The Morgan fingerprint density at radius 2 is 2.03 bits per heavy atom. The Morgan fingerprint density at radius 3 is 2.81 bits per heavy atom. The molecule has 0 aliphatic heterocycles. The molecule has 4 rings (SSSR count). The first-order chi connectivity index (χ1) is 15.4. The molecule has 0 spiro atoms. The van der Waals surface area contributed by atoms with Gasteiger partial charge in [-0.05, 0) is 22.4 Å². The van der Waals surface area contributed by atoms with Gasteiger partial charge in [0.1, 0.15) is 6.54 Å². The summed E-state index contributed by atoms with van der Waals surface area (Å²) < 4.78 is 2.76. The Kier molecular flexibility index (Phi) is 6.13. The molecule has 2 N–H and O–H groups in total. The third kappa shape index (κ3) is 4.75. The summed E-state index contributed by atoms with van der Waals surface area (Å²) in [6.45, 7) is 2.16. The van der Waals surface area contributed by atoms with Crippen molar-refractivity contribution < 1.29 is 9.59 Å². The van der Waals surface area contributed by atoms with Gasteiger partial charge >= 0.3 is 0 Å². The molecule has 1 aromatic carbocycles. The van der Waals surface area contributed by atoms with E-state index < -0.39 is 0 Å². The molecule has 4 aromatic rings. The van der Waals surface area contributed by atoms with Crippen molar-refractivity contribution >= 4 is 50.3 Å². The standard InChI is InChI=1S/C22H23N7O2S/c1-14(30)21-18(23-10-16-6-4-5-15-7-8-32-22(15)16)9-19(26-27-21)25-17-11-24-29(12-17)13-20(31)28(2)3/h4-9,11-12H,10,13H2,1-3H3,(H2,23,25,26). The summed E-state index contributed by atoms with van der Waals surface area (Å²) in [5.74, 6) is 0.235. The van der Waals surface area contributed by atoms with Gasteiger partial charge < -0.3 is 15.5 Å². The van der Waals surface area contributed by atoms with Crippen molar-refractivity contribution in [1.29, 1.82) is 0 Å². The van der Waals surface area contributed by atoms with Crippen LogP contribution in [0, 0.1) is 0 Å². The first kappa shape index (κ1) is 21.4. The maximum Gasteiger partial charge on any atom is 0.243 e. The number of nitrogens with one attached hydrogen (secondary N) is 2. The minimum absolute atomic E-state index is 0.0579. The molecule has 0 unspecified atom stereocenters. The quantitative estimate of drug-likeness (QED) is 0.397. The molecule has 9 nitrogen and oxygen atoms in total. The van der Waals surface area contributed by atoms with Crippen LogP contribution in [0.5, 0.6) is 0 Å². The Labute approximate surface area is 189 Å². The molecule has 1 amide bonds. The Hall–Kier alpha value is -3.79. The fourth-order valence-electron chi connectivity index (χ4n) is 3.17. The van der Waals surface area contributed by atoms with Crippen molar-refractivity contribution in [2.75, 3.05) is 24.7 Å². The predicted octanol–water partition coefficient (Wildman–Crippen LogP) is 3.53. The largest absolute Gasteiger partial charge is 0.379 e. The van der Waals surface area contributed by atoms with Crippen LogP contribution in [0.15, 0.2) is 48.1 Å². The van der Waals surface area contributed by atoms with Crippen molar-refractivity contribution in [3.05, 3.63) is 59.4 Å². The SMILES string of the molecule is CC(=O)c1nnc(Nc2cnn(CC(=O)N(C)C)c2)cc1NCc1cccc2ccsc12. The van der Waals surface area contributed by atoms with Crippen LogP contribution in [-0.4, -0.2) is 50.7 Å². The summed E-state index contributed by atoms with van der Waals surface area (Å²) in [5.41, 5.74) is 2.68. The van der Waals surface area contributed by atoms with Gasteiger partial charge in [0.2, 0.25) is 5.91 Å². The van der Waals surface area contributed by atoms with Crippen molar-refractivity contribution in [1.82, 2.24) is 24.9 Å². The van der Waals surface area contributed by atoms with E-state index in [0.29, 0.717) is 23.7 Å². The molecule has 0 atom stereocenters. The van der Waals surface area contributed by atoms with Crippen LogP contribution in [0.25, 0.3) is 10.1 Å². The number of aromatic nitrogens is 4. The summed E-state index contributed by atoms with van der Waals surface area (Å²) in [5, 5.41) is 22.1. The normalized spacial score (nSPS) is 10.8. The highest BCUT2D eigenvalue weighted by Crippen LogP contribution is 2.26. The number of anilines is 3. The molecule has 3 aromatic heterocycles. The van der Waals surface area contributed by atoms with Crippen LogP contribution >= 0.6 is 11.3 Å². The smallest absolute Gasteiger partial charge is 0.243 e. The van der Waals surface area contributed by atoms with Gasteiger partial charge in [0, 0.05) is 44.5 Å². The average Bonchev–Trinajstić information content (AvgIpc) is 3.41. The van der Waals surface area contributed by atoms with Gasteiger partial charge in [-0.1, -0.05) is 18.2 Å². The van der Waals surface area contributed by atoms with Gasteiger partial charge in [-0.15, -0.1) is 21.5 Å². The Balaban J connectivity index is 1.52. The van der Waals surface area contributed by atoms with Gasteiger partial charge in [-0.2, -0.15) is 5.10 Å². The molecule has 3 heterocycles. The fraction of sp³-hybridized carbons (Fsp3) is 0.227. The van der Waals surface area contributed by atoms with Crippen LogP contribution in [-0.2, 0) is 17.9 Å². The zero-order chi connectivity index (χ0) is 22.7. The molecule has 0 saturated carbocycles. The molecular formula is C22H23N7O2S.